The quantitative estimate of drug-likeness (QED) is 0.738. The first-order valence-corrected chi connectivity index (χ1v) is 8.65. The van der Waals surface area contributed by atoms with Crippen molar-refractivity contribution in [2.75, 3.05) is 12.1 Å². The van der Waals surface area contributed by atoms with E-state index < -0.39 is 0 Å². The van der Waals surface area contributed by atoms with Gasteiger partial charge in [0.2, 0.25) is 6.79 Å². The van der Waals surface area contributed by atoms with E-state index in [4.69, 9.17) is 9.47 Å². The van der Waals surface area contributed by atoms with Crippen molar-refractivity contribution in [1.82, 2.24) is 9.88 Å². The number of urea groups is 1. The summed E-state index contributed by atoms with van der Waals surface area (Å²) in [5, 5.41) is 6.85. The van der Waals surface area contributed by atoms with Gasteiger partial charge in [0.25, 0.3) is 0 Å². The summed E-state index contributed by atoms with van der Waals surface area (Å²) in [6, 6.07) is 13.7. The van der Waals surface area contributed by atoms with Gasteiger partial charge in [-0.3, -0.25) is 0 Å². The van der Waals surface area contributed by atoms with Crippen LogP contribution in [0.1, 0.15) is 25.5 Å². The van der Waals surface area contributed by atoms with Gasteiger partial charge in [0, 0.05) is 24.2 Å². The van der Waals surface area contributed by atoms with E-state index in [1.165, 1.54) is 0 Å². The molecule has 3 aromatic rings. The summed E-state index contributed by atoms with van der Waals surface area (Å²) in [6.07, 6.45) is 2.05. The van der Waals surface area contributed by atoms with Crippen molar-refractivity contribution >= 4 is 22.6 Å². The van der Waals surface area contributed by atoms with Crippen LogP contribution in [0.2, 0.25) is 0 Å². The molecule has 0 unspecified atom stereocenters. The van der Waals surface area contributed by atoms with Crippen LogP contribution < -0.4 is 20.1 Å². The monoisotopic (exact) mass is 351 g/mol. The number of fused-ring (bicyclic) bond motifs is 2. The maximum absolute atomic E-state index is 12.3. The first kappa shape index (κ1) is 16.3. The average Bonchev–Trinajstić information content (AvgIpc) is 3.26. The zero-order chi connectivity index (χ0) is 18.1. The predicted octanol–water partition coefficient (Wildman–Crippen LogP) is 4.27. The molecule has 2 heterocycles. The Morgan fingerprint density at radius 1 is 1.15 bits per heavy atom. The van der Waals surface area contributed by atoms with Crippen LogP contribution in [-0.4, -0.2) is 17.4 Å². The second-order valence-electron chi connectivity index (χ2n) is 6.55. The number of hydrogen-bond acceptors (Lipinski definition) is 3. The number of carbonyl (C=O) groups excluding carboxylic acids is 1. The van der Waals surface area contributed by atoms with Crippen LogP contribution in [0.4, 0.5) is 10.5 Å². The van der Waals surface area contributed by atoms with Crippen LogP contribution in [-0.2, 0) is 6.54 Å². The molecule has 6 heteroatoms. The molecule has 4 rings (SSSR count). The van der Waals surface area contributed by atoms with Gasteiger partial charge in [-0.15, -0.1) is 0 Å². The third-order valence-corrected chi connectivity index (χ3v) is 4.46. The summed E-state index contributed by atoms with van der Waals surface area (Å²) in [7, 11) is 0. The van der Waals surface area contributed by atoms with E-state index in [0.717, 1.165) is 27.9 Å². The van der Waals surface area contributed by atoms with Crippen LogP contribution in [0, 0.1) is 0 Å². The largest absolute Gasteiger partial charge is 0.454 e. The van der Waals surface area contributed by atoms with Gasteiger partial charge in [0.15, 0.2) is 11.5 Å². The van der Waals surface area contributed by atoms with E-state index in [9.17, 15) is 4.79 Å². The van der Waals surface area contributed by atoms with Crippen molar-refractivity contribution in [3.63, 3.8) is 0 Å². The van der Waals surface area contributed by atoms with Gasteiger partial charge in [0.05, 0.1) is 11.2 Å². The summed E-state index contributed by atoms with van der Waals surface area (Å²) in [5.74, 6) is 1.45. The fourth-order valence-corrected chi connectivity index (χ4v) is 3.15. The molecule has 0 fully saturated rings. The molecule has 2 amide bonds. The third kappa shape index (κ3) is 3.06. The molecule has 2 aromatic carbocycles. The zero-order valence-electron chi connectivity index (χ0n) is 14.8. The Bertz CT molecular complexity index is 962. The molecule has 2 N–H and O–H groups in total. The van der Waals surface area contributed by atoms with Crippen molar-refractivity contribution in [2.24, 2.45) is 0 Å². The van der Waals surface area contributed by atoms with E-state index in [1.807, 2.05) is 42.6 Å². The van der Waals surface area contributed by atoms with Crippen molar-refractivity contribution in [3.05, 3.63) is 54.2 Å². The van der Waals surface area contributed by atoms with E-state index in [-0.39, 0.29) is 12.8 Å². The molecule has 0 aliphatic carbocycles. The number of benzene rings is 2. The molecule has 0 atom stereocenters. The highest BCUT2D eigenvalue weighted by atomic mass is 16.7. The van der Waals surface area contributed by atoms with Crippen LogP contribution in [0.25, 0.3) is 10.9 Å². The number of ether oxygens (including phenoxy) is 2. The molecule has 26 heavy (non-hydrogen) atoms. The van der Waals surface area contributed by atoms with Crippen LogP contribution in [0.5, 0.6) is 11.5 Å². The molecule has 1 aliphatic heterocycles. The smallest absolute Gasteiger partial charge is 0.319 e. The van der Waals surface area contributed by atoms with Gasteiger partial charge in [-0.25, -0.2) is 4.79 Å². The van der Waals surface area contributed by atoms with Crippen molar-refractivity contribution in [1.29, 1.82) is 0 Å². The minimum absolute atomic E-state index is 0.243. The molecular formula is C20H21N3O3. The van der Waals surface area contributed by atoms with Crippen LogP contribution in [0.15, 0.2) is 48.7 Å². The highest BCUT2D eigenvalue weighted by Gasteiger charge is 2.14. The lowest BCUT2D eigenvalue weighted by molar-refractivity contribution is 0.174. The first-order chi connectivity index (χ1) is 12.6. The molecule has 0 radical (unpaired) electrons. The molecule has 134 valence electrons. The number of nitrogens with one attached hydrogen (secondary N) is 2. The molecular weight excluding hydrogens is 330 g/mol. The average molecular weight is 351 g/mol. The lowest BCUT2D eigenvalue weighted by Gasteiger charge is -2.12. The Labute approximate surface area is 151 Å². The minimum atomic E-state index is -0.243. The summed E-state index contributed by atoms with van der Waals surface area (Å²) < 4.78 is 12.8. The van der Waals surface area contributed by atoms with Gasteiger partial charge in [-0.2, -0.15) is 0 Å². The summed E-state index contributed by atoms with van der Waals surface area (Å²) >= 11 is 0. The highest BCUT2D eigenvalue weighted by Crippen LogP contribution is 2.32. The van der Waals surface area contributed by atoms with Crippen molar-refractivity contribution < 1.29 is 14.3 Å². The number of rotatable bonds is 4. The number of hydrogen-bond donors (Lipinski definition) is 2. The number of aromatic nitrogens is 1. The Hall–Kier alpha value is -3.15. The van der Waals surface area contributed by atoms with Gasteiger partial charge >= 0.3 is 6.03 Å². The Balaban J connectivity index is 1.44. The summed E-state index contributed by atoms with van der Waals surface area (Å²) in [6.45, 7) is 4.92. The van der Waals surface area contributed by atoms with E-state index in [0.29, 0.717) is 18.3 Å². The third-order valence-electron chi connectivity index (χ3n) is 4.46. The van der Waals surface area contributed by atoms with Crippen molar-refractivity contribution in [2.45, 2.75) is 26.4 Å². The lowest BCUT2D eigenvalue weighted by Crippen LogP contribution is -2.28. The SMILES string of the molecule is CC(C)n1ccc2c(NC(=O)NCc3ccc4c(c3)OCO4)cccc21. The normalized spacial score (nSPS) is 12.6. The molecule has 1 aliphatic rings. The molecule has 1 aromatic heterocycles. The summed E-state index contributed by atoms with van der Waals surface area (Å²) in [4.78, 5) is 12.3. The second-order valence-corrected chi connectivity index (χ2v) is 6.55. The Morgan fingerprint density at radius 3 is 2.85 bits per heavy atom. The highest BCUT2D eigenvalue weighted by molar-refractivity contribution is 6.00. The standard InChI is InChI=1S/C20H21N3O3/c1-13(2)23-9-8-15-16(4-3-5-17(15)23)22-20(24)21-11-14-6-7-18-19(10-14)26-12-25-18/h3-10,13H,11-12H2,1-2H3,(H2,21,22,24). The number of amides is 2. The topological polar surface area (TPSA) is 64.5 Å². The first-order valence-electron chi connectivity index (χ1n) is 8.65. The predicted molar refractivity (Wildman–Crippen MR) is 101 cm³/mol. The number of anilines is 1. The Morgan fingerprint density at radius 2 is 2.00 bits per heavy atom. The van der Waals surface area contributed by atoms with Crippen LogP contribution >= 0.6 is 0 Å². The fraction of sp³-hybridized carbons (Fsp3) is 0.250. The van der Waals surface area contributed by atoms with Crippen LogP contribution in [0.3, 0.4) is 0 Å². The van der Waals surface area contributed by atoms with E-state index >= 15 is 0 Å². The number of nitrogens with zero attached hydrogens (tertiary/aromatic N) is 1. The maximum Gasteiger partial charge on any atom is 0.319 e. The fourth-order valence-electron chi connectivity index (χ4n) is 3.15. The van der Waals surface area contributed by atoms with Gasteiger partial charge in [-0.05, 0) is 49.7 Å². The van der Waals surface area contributed by atoms with Crippen molar-refractivity contribution in [3.8, 4) is 11.5 Å². The van der Waals surface area contributed by atoms with Gasteiger partial charge in [0.1, 0.15) is 0 Å². The second kappa shape index (κ2) is 6.63. The van der Waals surface area contributed by atoms with E-state index in [1.54, 1.807) is 0 Å². The maximum atomic E-state index is 12.3. The van der Waals surface area contributed by atoms with E-state index in [2.05, 4.69) is 35.1 Å². The van der Waals surface area contributed by atoms with Gasteiger partial charge in [-0.1, -0.05) is 12.1 Å². The molecule has 0 bridgehead atoms. The number of carbonyl (C=O) groups is 1. The summed E-state index contributed by atoms with van der Waals surface area (Å²) in [5.41, 5.74) is 2.85. The zero-order valence-corrected chi connectivity index (χ0v) is 14.8. The molecule has 0 saturated carbocycles. The molecule has 6 nitrogen and oxygen atoms in total. The minimum Gasteiger partial charge on any atom is -0.454 e. The van der Waals surface area contributed by atoms with Gasteiger partial charge < -0.3 is 24.7 Å². The molecule has 0 spiro atoms. The lowest BCUT2D eigenvalue weighted by atomic mass is 10.2. The Kier molecular flexibility index (Phi) is 4.16. The molecule has 0 saturated heterocycles.